The summed E-state index contributed by atoms with van der Waals surface area (Å²) in [4.78, 5) is 31.8. The van der Waals surface area contributed by atoms with Crippen LogP contribution in [0.5, 0.6) is 0 Å². The Hall–Kier alpha value is -1.14. The van der Waals surface area contributed by atoms with Crippen molar-refractivity contribution in [2.75, 3.05) is 45.9 Å². The molecule has 4 aliphatic rings. The Morgan fingerprint density at radius 1 is 0.931 bits per heavy atom. The summed E-state index contributed by atoms with van der Waals surface area (Å²) >= 11 is 0. The molecule has 0 bridgehead atoms. The second-order valence-electron chi connectivity index (χ2n) is 9.62. The van der Waals surface area contributed by atoms with Gasteiger partial charge in [-0.2, -0.15) is 0 Å². The molecule has 0 unspecified atom stereocenters. The Balaban J connectivity index is 1.31. The lowest BCUT2D eigenvalue weighted by molar-refractivity contribution is -0.143. The first-order valence-corrected chi connectivity index (χ1v) is 12.1. The SMILES string of the molecule is O=C1CCCCN1CC(=O)N(CC1CCN(C2CCCC2)CC1)C[C@H]1CCCO1. The van der Waals surface area contributed by atoms with Crippen molar-refractivity contribution >= 4 is 11.8 Å². The van der Waals surface area contributed by atoms with Crippen LogP contribution in [0.1, 0.15) is 70.6 Å². The van der Waals surface area contributed by atoms with Crippen molar-refractivity contribution in [3.8, 4) is 0 Å². The van der Waals surface area contributed by atoms with E-state index in [-0.39, 0.29) is 24.5 Å². The van der Waals surface area contributed by atoms with Gasteiger partial charge in [-0.1, -0.05) is 12.8 Å². The van der Waals surface area contributed by atoms with E-state index in [9.17, 15) is 9.59 Å². The van der Waals surface area contributed by atoms with Crippen molar-refractivity contribution in [1.29, 1.82) is 0 Å². The normalized spacial score (nSPS) is 27.7. The Kier molecular flexibility index (Phi) is 7.46. The number of rotatable bonds is 7. The molecule has 0 aromatic rings. The van der Waals surface area contributed by atoms with Crippen molar-refractivity contribution < 1.29 is 14.3 Å². The van der Waals surface area contributed by atoms with Crippen LogP contribution < -0.4 is 0 Å². The molecule has 0 N–H and O–H groups in total. The monoisotopic (exact) mass is 405 g/mol. The predicted molar refractivity (Wildman–Crippen MR) is 113 cm³/mol. The largest absolute Gasteiger partial charge is 0.376 e. The number of hydrogen-bond acceptors (Lipinski definition) is 4. The molecule has 0 aromatic heterocycles. The maximum Gasteiger partial charge on any atom is 0.242 e. The minimum absolute atomic E-state index is 0.119. The number of hydrogen-bond donors (Lipinski definition) is 0. The molecule has 1 atom stereocenters. The van der Waals surface area contributed by atoms with Gasteiger partial charge < -0.3 is 19.4 Å². The lowest BCUT2D eigenvalue weighted by Gasteiger charge is -2.38. The second-order valence-corrected chi connectivity index (χ2v) is 9.62. The first kappa shape index (κ1) is 21.1. The molecule has 0 radical (unpaired) electrons. The highest BCUT2D eigenvalue weighted by molar-refractivity contribution is 5.85. The van der Waals surface area contributed by atoms with Gasteiger partial charge in [0.2, 0.25) is 11.8 Å². The van der Waals surface area contributed by atoms with Gasteiger partial charge in [0.05, 0.1) is 12.6 Å². The lowest BCUT2D eigenvalue weighted by atomic mass is 9.94. The summed E-state index contributed by atoms with van der Waals surface area (Å²) in [5.41, 5.74) is 0. The third-order valence-electron chi connectivity index (χ3n) is 7.52. The number of carbonyl (C=O) groups is 2. The quantitative estimate of drug-likeness (QED) is 0.653. The minimum atomic E-state index is 0.119. The summed E-state index contributed by atoms with van der Waals surface area (Å²) in [6, 6.07) is 0.811. The Labute approximate surface area is 175 Å². The summed E-state index contributed by atoms with van der Waals surface area (Å²) in [6.45, 7) is 5.70. The van der Waals surface area contributed by atoms with Crippen LogP contribution in [-0.2, 0) is 14.3 Å². The van der Waals surface area contributed by atoms with Gasteiger partial charge >= 0.3 is 0 Å². The van der Waals surface area contributed by atoms with Crippen LogP contribution in [0.4, 0.5) is 0 Å². The molecule has 6 nitrogen and oxygen atoms in total. The number of carbonyl (C=O) groups excluding carboxylic acids is 2. The van der Waals surface area contributed by atoms with Crippen molar-refractivity contribution in [3.63, 3.8) is 0 Å². The zero-order valence-corrected chi connectivity index (χ0v) is 18.0. The summed E-state index contributed by atoms with van der Waals surface area (Å²) in [6.07, 6.45) is 12.8. The zero-order chi connectivity index (χ0) is 20.1. The third-order valence-corrected chi connectivity index (χ3v) is 7.52. The fourth-order valence-corrected chi connectivity index (χ4v) is 5.69. The highest BCUT2D eigenvalue weighted by Crippen LogP contribution is 2.28. The van der Waals surface area contributed by atoms with Gasteiger partial charge in [0.15, 0.2) is 0 Å². The standard InChI is InChI=1S/C23H39N3O3/c27-22-9-3-4-12-25(22)18-23(28)26(17-21-8-5-15-29-21)16-19-10-13-24(14-11-19)20-6-1-2-7-20/h19-21H,1-18H2/t21-/m1/s1. The van der Waals surface area contributed by atoms with Crippen molar-refractivity contribution in [1.82, 2.24) is 14.7 Å². The summed E-state index contributed by atoms with van der Waals surface area (Å²) in [5, 5.41) is 0. The molecule has 6 heteroatoms. The Morgan fingerprint density at radius 3 is 2.41 bits per heavy atom. The molecule has 0 aromatic carbocycles. The number of nitrogens with zero attached hydrogens (tertiary/aromatic N) is 3. The molecular weight excluding hydrogens is 366 g/mol. The molecule has 3 saturated heterocycles. The molecule has 0 spiro atoms. The topological polar surface area (TPSA) is 53.1 Å². The minimum Gasteiger partial charge on any atom is -0.376 e. The molecule has 164 valence electrons. The van der Waals surface area contributed by atoms with E-state index < -0.39 is 0 Å². The Morgan fingerprint density at radius 2 is 1.72 bits per heavy atom. The van der Waals surface area contributed by atoms with Gasteiger partial charge in [-0.3, -0.25) is 9.59 Å². The first-order chi connectivity index (χ1) is 14.2. The zero-order valence-electron chi connectivity index (χ0n) is 18.0. The van der Waals surface area contributed by atoms with Gasteiger partial charge in [0, 0.05) is 38.7 Å². The van der Waals surface area contributed by atoms with E-state index in [1.54, 1.807) is 4.90 Å². The molecule has 3 aliphatic heterocycles. The van der Waals surface area contributed by atoms with E-state index in [0.29, 0.717) is 18.9 Å². The maximum atomic E-state index is 13.2. The number of likely N-dealkylation sites (tertiary alicyclic amines) is 2. The summed E-state index contributed by atoms with van der Waals surface area (Å²) in [7, 11) is 0. The van der Waals surface area contributed by atoms with E-state index in [4.69, 9.17) is 4.74 Å². The highest BCUT2D eigenvalue weighted by Gasteiger charge is 2.31. The number of amides is 2. The van der Waals surface area contributed by atoms with Crippen LogP contribution in [0.15, 0.2) is 0 Å². The van der Waals surface area contributed by atoms with E-state index in [1.807, 2.05) is 4.90 Å². The number of ether oxygens (including phenoxy) is 1. The second kappa shape index (κ2) is 10.3. The fraction of sp³-hybridized carbons (Fsp3) is 0.913. The molecule has 1 saturated carbocycles. The Bertz CT molecular complexity index is 550. The van der Waals surface area contributed by atoms with Gasteiger partial charge in [-0.25, -0.2) is 0 Å². The predicted octanol–water partition coefficient (Wildman–Crippen LogP) is 2.66. The van der Waals surface area contributed by atoms with E-state index >= 15 is 0 Å². The third kappa shape index (κ3) is 5.72. The number of piperidine rings is 2. The van der Waals surface area contributed by atoms with E-state index in [2.05, 4.69) is 4.90 Å². The molecule has 2 amide bonds. The average Bonchev–Trinajstić information content (AvgIpc) is 3.44. The first-order valence-electron chi connectivity index (χ1n) is 12.1. The lowest BCUT2D eigenvalue weighted by Crippen LogP contribution is -2.49. The van der Waals surface area contributed by atoms with Gasteiger partial charge in [0.25, 0.3) is 0 Å². The van der Waals surface area contributed by atoms with Crippen molar-refractivity contribution in [2.45, 2.75) is 82.8 Å². The van der Waals surface area contributed by atoms with Crippen LogP contribution in [-0.4, -0.2) is 84.5 Å². The molecule has 29 heavy (non-hydrogen) atoms. The van der Waals surface area contributed by atoms with Crippen LogP contribution in [0.3, 0.4) is 0 Å². The summed E-state index contributed by atoms with van der Waals surface area (Å²) in [5.74, 6) is 0.843. The maximum absolute atomic E-state index is 13.2. The van der Waals surface area contributed by atoms with Gasteiger partial charge in [-0.05, 0) is 70.4 Å². The van der Waals surface area contributed by atoms with Crippen LogP contribution >= 0.6 is 0 Å². The molecule has 4 fully saturated rings. The molecule has 1 aliphatic carbocycles. The fourth-order valence-electron chi connectivity index (χ4n) is 5.69. The van der Waals surface area contributed by atoms with E-state index in [1.165, 1.54) is 51.6 Å². The van der Waals surface area contributed by atoms with Crippen LogP contribution in [0.25, 0.3) is 0 Å². The van der Waals surface area contributed by atoms with Crippen molar-refractivity contribution in [3.05, 3.63) is 0 Å². The van der Waals surface area contributed by atoms with Crippen LogP contribution in [0, 0.1) is 5.92 Å². The summed E-state index contributed by atoms with van der Waals surface area (Å²) < 4.78 is 5.84. The van der Waals surface area contributed by atoms with Gasteiger partial charge in [0.1, 0.15) is 0 Å². The van der Waals surface area contributed by atoms with Crippen LogP contribution in [0.2, 0.25) is 0 Å². The van der Waals surface area contributed by atoms with E-state index in [0.717, 1.165) is 51.4 Å². The van der Waals surface area contributed by atoms with Crippen molar-refractivity contribution in [2.24, 2.45) is 5.92 Å². The smallest absolute Gasteiger partial charge is 0.242 e. The average molecular weight is 406 g/mol. The highest BCUT2D eigenvalue weighted by atomic mass is 16.5. The van der Waals surface area contributed by atoms with Gasteiger partial charge in [-0.15, -0.1) is 0 Å². The molecule has 4 rings (SSSR count). The molecule has 3 heterocycles. The molecular formula is C23H39N3O3.